The van der Waals surface area contributed by atoms with Crippen LogP contribution in [0.15, 0.2) is 48.5 Å². The lowest BCUT2D eigenvalue weighted by atomic mass is 9.99. The molecule has 0 atom stereocenters. The van der Waals surface area contributed by atoms with Gasteiger partial charge in [-0.2, -0.15) is 0 Å². The van der Waals surface area contributed by atoms with Crippen LogP contribution in [0.4, 0.5) is 5.69 Å². The Bertz CT molecular complexity index is 827. The highest BCUT2D eigenvalue weighted by Crippen LogP contribution is 2.28. The molecule has 4 heteroatoms. The molecule has 0 radical (unpaired) electrons. The number of benzene rings is 3. The van der Waals surface area contributed by atoms with Crippen LogP contribution < -0.4 is 11.2 Å². The molecule has 0 aliphatic carbocycles. The summed E-state index contributed by atoms with van der Waals surface area (Å²) >= 11 is 0. The number of nitrogens with two attached hydrogens (primary N) is 1. The van der Waals surface area contributed by atoms with E-state index in [9.17, 15) is 4.79 Å². The Balaban J connectivity index is 2.13. The third-order valence-corrected chi connectivity index (χ3v) is 3.45. The second-order valence-corrected chi connectivity index (χ2v) is 4.84. The fraction of sp³-hybridized carbons (Fsp3) is 0.118. The Kier molecular flexibility index (Phi) is 3.46. The molecule has 3 rings (SSSR count). The van der Waals surface area contributed by atoms with E-state index >= 15 is 0 Å². The quantitative estimate of drug-likeness (QED) is 0.568. The summed E-state index contributed by atoms with van der Waals surface area (Å²) in [6.45, 7) is 2.53. The van der Waals surface area contributed by atoms with Gasteiger partial charge in [0.2, 0.25) is 5.91 Å². The van der Waals surface area contributed by atoms with Crippen molar-refractivity contribution in [3.8, 4) is 0 Å². The molecule has 0 unspecified atom stereocenters. The molecule has 0 fully saturated rings. The van der Waals surface area contributed by atoms with Crippen LogP contribution in [0.3, 0.4) is 0 Å². The van der Waals surface area contributed by atoms with Gasteiger partial charge < -0.3 is 5.73 Å². The minimum absolute atomic E-state index is 0.409. The summed E-state index contributed by atoms with van der Waals surface area (Å²) < 4.78 is 0. The van der Waals surface area contributed by atoms with Crippen LogP contribution in [0.1, 0.15) is 17.3 Å². The maximum absolute atomic E-state index is 11.3. The van der Waals surface area contributed by atoms with Gasteiger partial charge in [-0.15, -0.1) is 0 Å². The van der Waals surface area contributed by atoms with Crippen molar-refractivity contribution >= 4 is 33.1 Å². The lowest BCUT2D eigenvalue weighted by Gasteiger charge is -2.09. The highest BCUT2D eigenvalue weighted by Gasteiger charge is 2.05. The summed E-state index contributed by atoms with van der Waals surface area (Å²) in [6.07, 6.45) is 0. The number of nitrogens with one attached hydrogen (secondary N) is 1. The number of hydrogen-bond donors (Lipinski definition) is 2. The second kappa shape index (κ2) is 5.42. The molecule has 21 heavy (non-hydrogen) atoms. The molecule has 3 N–H and O–H groups in total. The number of carbonyl (C=O) groups excluding carboxylic acids is 1. The Morgan fingerprint density at radius 1 is 1.05 bits per heavy atom. The monoisotopic (exact) mass is 280 g/mol. The summed E-state index contributed by atoms with van der Waals surface area (Å²) in [4.78, 5) is 16.4. The van der Waals surface area contributed by atoms with E-state index in [4.69, 9.17) is 10.6 Å². The van der Waals surface area contributed by atoms with E-state index < -0.39 is 5.91 Å². The second-order valence-electron chi connectivity index (χ2n) is 4.84. The first kappa shape index (κ1) is 13.4. The highest BCUT2D eigenvalue weighted by atomic mass is 16.6. The Hall–Kier alpha value is -2.59. The van der Waals surface area contributed by atoms with Gasteiger partial charge in [-0.3, -0.25) is 15.1 Å². The van der Waals surface area contributed by atoms with Crippen molar-refractivity contribution in [2.24, 2.45) is 5.73 Å². The van der Waals surface area contributed by atoms with Crippen LogP contribution in [0.5, 0.6) is 0 Å². The van der Waals surface area contributed by atoms with Crippen molar-refractivity contribution in [3.63, 3.8) is 0 Å². The van der Waals surface area contributed by atoms with Crippen LogP contribution in [0.25, 0.3) is 21.5 Å². The zero-order valence-corrected chi connectivity index (χ0v) is 11.7. The van der Waals surface area contributed by atoms with Gasteiger partial charge in [-0.1, -0.05) is 24.3 Å². The van der Waals surface area contributed by atoms with Crippen molar-refractivity contribution in [2.75, 3.05) is 12.1 Å². The Morgan fingerprint density at radius 3 is 2.38 bits per heavy atom. The smallest absolute Gasteiger partial charge is 0.248 e. The average Bonchev–Trinajstić information content (AvgIpc) is 2.51. The normalized spacial score (nSPS) is 10.9. The molecule has 0 aromatic heterocycles. The van der Waals surface area contributed by atoms with Gasteiger partial charge in [0.1, 0.15) is 0 Å². The number of fused-ring (bicyclic) bond motifs is 3. The van der Waals surface area contributed by atoms with Crippen LogP contribution in [0, 0.1) is 0 Å². The van der Waals surface area contributed by atoms with E-state index in [-0.39, 0.29) is 0 Å². The van der Waals surface area contributed by atoms with E-state index in [1.807, 2.05) is 49.4 Å². The molecule has 0 heterocycles. The molecule has 0 aliphatic heterocycles. The zero-order valence-electron chi connectivity index (χ0n) is 11.7. The van der Waals surface area contributed by atoms with E-state index in [1.165, 1.54) is 0 Å². The van der Waals surface area contributed by atoms with Crippen molar-refractivity contribution in [1.29, 1.82) is 0 Å². The molecule has 0 saturated carbocycles. The van der Waals surface area contributed by atoms with Gasteiger partial charge in [0.15, 0.2) is 0 Å². The predicted molar refractivity (Wildman–Crippen MR) is 85.2 cm³/mol. The number of anilines is 1. The van der Waals surface area contributed by atoms with Gasteiger partial charge in [0.05, 0.1) is 12.3 Å². The van der Waals surface area contributed by atoms with Crippen molar-refractivity contribution < 1.29 is 9.63 Å². The van der Waals surface area contributed by atoms with Gasteiger partial charge in [0.25, 0.3) is 0 Å². The molecular formula is C17H16N2O2. The molecular weight excluding hydrogens is 264 g/mol. The van der Waals surface area contributed by atoms with E-state index in [0.29, 0.717) is 12.2 Å². The van der Waals surface area contributed by atoms with Crippen molar-refractivity contribution in [3.05, 3.63) is 54.1 Å². The summed E-state index contributed by atoms with van der Waals surface area (Å²) in [5.41, 5.74) is 9.66. The first-order valence-corrected chi connectivity index (χ1v) is 6.83. The summed E-state index contributed by atoms with van der Waals surface area (Å²) in [5, 5.41) is 4.34. The molecule has 0 bridgehead atoms. The number of rotatable bonds is 4. The topological polar surface area (TPSA) is 64.3 Å². The summed E-state index contributed by atoms with van der Waals surface area (Å²) in [5.74, 6) is -0.409. The molecule has 0 spiro atoms. The van der Waals surface area contributed by atoms with Gasteiger partial charge >= 0.3 is 0 Å². The molecule has 1 amide bonds. The van der Waals surface area contributed by atoms with Crippen LogP contribution in [0.2, 0.25) is 0 Å². The molecule has 0 aliphatic rings. The van der Waals surface area contributed by atoms with Gasteiger partial charge in [0, 0.05) is 5.56 Å². The van der Waals surface area contributed by atoms with Crippen LogP contribution >= 0.6 is 0 Å². The average molecular weight is 280 g/mol. The number of hydrogen-bond acceptors (Lipinski definition) is 3. The standard InChI is InChI=1S/C17H16N2O2/c1-2-21-19-14-6-8-16-12(10-14)4-3-11-9-13(17(18)20)5-7-15(11)16/h3-10,19H,2H2,1H3,(H2,18,20). The van der Waals surface area contributed by atoms with Crippen molar-refractivity contribution in [2.45, 2.75) is 6.92 Å². The Labute approximate surface area is 122 Å². The van der Waals surface area contributed by atoms with E-state index in [2.05, 4.69) is 5.48 Å². The third-order valence-electron chi connectivity index (χ3n) is 3.45. The van der Waals surface area contributed by atoms with Gasteiger partial charge in [-0.25, -0.2) is 0 Å². The fourth-order valence-electron chi connectivity index (χ4n) is 2.44. The molecule has 3 aromatic rings. The minimum atomic E-state index is -0.409. The van der Waals surface area contributed by atoms with Crippen LogP contribution in [-0.4, -0.2) is 12.5 Å². The fourth-order valence-corrected chi connectivity index (χ4v) is 2.44. The number of primary amides is 1. The maximum Gasteiger partial charge on any atom is 0.248 e. The highest BCUT2D eigenvalue weighted by molar-refractivity contribution is 6.10. The number of carbonyl (C=O) groups is 1. The van der Waals surface area contributed by atoms with Crippen LogP contribution in [-0.2, 0) is 4.84 Å². The maximum atomic E-state index is 11.3. The van der Waals surface area contributed by atoms with E-state index in [1.54, 1.807) is 6.07 Å². The largest absolute Gasteiger partial charge is 0.366 e. The SMILES string of the molecule is CCONc1ccc2c(ccc3cc(C(N)=O)ccc32)c1. The van der Waals surface area contributed by atoms with Crippen molar-refractivity contribution in [1.82, 2.24) is 0 Å². The third kappa shape index (κ3) is 2.53. The molecule has 3 aromatic carbocycles. The minimum Gasteiger partial charge on any atom is -0.366 e. The lowest BCUT2D eigenvalue weighted by molar-refractivity contribution is 0.100. The molecule has 106 valence electrons. The summed E-state index contributed by atoms with van der Waals surface area (Å²) in [7, 11) is 0. The first-order chi connectivity index (χ1) is 10.2. The first-order valence-electron chi connectivity index (χ1n) is 6.83. The molecule has 4 nitrogen and oxygen atoms in total. The zero-order chi connectivity index (χ0) is 14.8. The number of amides is 1. The van der Waals surface area contributed by atoms with E-state index in [0.717, 1.165) is 27.2 Å². The predicted octanol–water partition coefficient (Wildman–Crippen LogP) is 3.46. The lowest BCUT2D eigenvalue weighted by Crippen LogP contribution is -2.10. The Morgan fingerprint density at radius 2 is 1.71 bits per heavy atom. The van der Waals surface area contributed by atoms with Gasteiger partial charge in [-0.05, 0) is 52.7 Å². The molecule has 0 saturated heterocycles. The summed E-state index contributed by atoms with van der Waals surface area (Å²) in [6, 6.07) is 15.6.